The molecule has 0 aliphatic carbocycles. The molecule has 1 unspecified atom stereocenters. The van der Waals surface area contributed by atoms with Crippen LogP contribution in [-0.2, 0) is 0 Å². The molecule has 4 heterocycles. The number of nitrogens with one attached hydrogen (secondary N) is 1. The highest BCUT2D eigenvalue weighted by Crippen LogP contribution is 2.27. The first kappa shape index (κ1) is 10.9. The van der Waals surface area contributed by atoms with Gasteiger partial charge >= 0.3 is 0 Å². The van der Waals surface area contributed by atoms with Crippen LogP contribution >= 0.6 is 0 Å². The number of nitrogens with zero attached hydrogens (tertiary/aromatic N) is 4. The largest absolute Gasteiger partial charge is 0.346 e. The van der Waals surface area contributed by atoms with Gasteiger partial charge in [0.05, 0.1) is 24.2 Å². The fourth-order valence-corrected chi connectivity index (χ4v) is 3.13. The fourth-order valence-electron chi connectivity index (χ4n) is 3.13. The lowest BCUT2D eigenvalue weighted by molar-refractivity contribution is 0.0919. The van der Waals surface area contributed by atoms with E-state index in [1.165, 1.54) is 13.0 Å². The molecule has 0 radical (unpaired) electrons. The van der Waals surface area contributed by atoms with E-state index >= 15 is 0 Å². The zero-order valence-corrected chi connectivity index (χ0v) is 10.5. The molecule has 2 bridgehead atoms. The van der Waals surface area contributed by atoms with Crippen LogP contribution in [-0.4, -0.2) is 50.9 Å². The van der Waals surface area contributed by atoms with Crippen LogP contribution in [0.25, 0.3) is 5.52 Å². The molecule has 2 aromatic heterocycles. The maximum Gasteiger partial charge on any atom is 0.271 e. The number of imidazole rings is 1. The van der Waals surface area contributed by atoms with Gasteiger partial charge in [0.1, 0.15) is 5.69 Å². The molecule has 98 valence electrons. The zero-order chi connectivity index (χ0) is 12.8. The van der Waals surface area contributed by atoms with Crippen LogP contribution in [0.2, 0.25) is 0 Å². The second kappa shape index (κ2) is 4.03. The van der Waals surface area contributed by atoms with Gasteiger partial charge in [-0.2, -0.15) is 0 Å². The van der Waals surface area contributed by atoms with Crippen molar-refractivity contribution in [2.45, 2.75) is 12.5 Å². The van der Waals surface area contributed by atoms with Crippen molar-refractivity contribution in [3.63, 3.8) is 0 Å². The molecule has 6 nitrogen and oxygen atoms in total. The molecule has 1 amide bonds. The van der Waals surface area contributed by atoms with Gasteiger partial charge in [0.2, 0.25) is 0 Å². The van der Waals surface area contributed by atoms with Crippen molar-refractivity contribution in [3.05, 3.63) is 30.6 Å². The molecule has 2 fully saturated rings. The average Bonchev–Trinajstić information content (AvgIpc) is 3.13. The summed E-state index contributed by atoms with van der Waals surface area (Å²) in [4.78, 5) is 22.8. The Morgan fingerprint density at radius 3 is 3.11 bits per heavy atom. The van der Waals surface area contributed by atoms with Crippen molar-refractivity contribution in [1.29, 1.82) is 0 Å². The van der Waals surface area contributed by atoms with E-state index in [9.17, 15) is 4.79 Å². The van der Waals surface area contributed by atoms with Gasteiger partial charge in [-0.1, -0.05) is 0 Å². The summed E-state index contributed by atoms with van der Waals surface area (Å²) >= 11 is 0. The summed E-state index contributed by atoms with van der Waals surface area (Å²) in [5.74, 6) is 0.523. The second-order valence-electron chi connectivity index (χ2n) is 5.39. The van der Waals surface area contributed by atoms with E-state index in [-0.39, 0.29) is 11.9 Å². The summed E-state index contributed by atoms with van der Waals surface area (Å²) in [7, 11) is 0. The second-order valence-corrected chi connectivity index (χ2v) is 5.39. The monoisotopic (exact) mass is 257 g/mol. The van der Waals surface area contributed by atoms with Crippen molar-refractivity contribution in [2.75, 3.05) is 19.6 Å². The van der Waals surface area contributed by atoms with E-state index in [1.807, 2.05) is 4.40 Å². The summed E-state index contributed by atoms with van der Waals surface area (Å²) in [5, 5.41) is 3.11. The minimum absolute atomic E-state index is 0.0886. The Labute approximate surface area is 110 Å². The molecular formula is C13H15N5O. The molecule has 6 heteroatoms. The molecule has 0 saturated carbocycles. The summed E-state index contributed by atoms with van der Waals surface area (Å²) < 4.78 is 1.81. The first-order chi connectivity index (χ1) is 9.29. The Kier molecular flexibility index (Phi) is 2.32. The maximum atomic E-state index is 12.2. The van der Waals surface area contributed by atoms with Gasteiger partial charge in [-0.15, -0.1) is 0 Å². The number of rotatable bonds is 2. The standard InChI is InChI=1S/C13H15N5O/c19-13(16-11-6-17-2-1-9(11)5-17)12-7-18-8-14-3-10(18)4-15-12/h3-4,7-9,11H,1-2,5-6H2,(H,16,19)/t9-,11-/m0/s1. The van der Waals surface area contributed by atoms with Gasteiger partial charge in [-0.25, -0.2) is 9.97 Å². The predicted molar refractivity (Wildman–Crippen MR) is 68.8 cm³/mol. The molecular weight excluding hydrogens is 242 g/mol. The lowest BCUT2D eigenvalue weighted by atomic mass is 10.00. The minimum atomic E-state index is -0.0886. The molecule has 2 aliphatic heterocycles. The van der Waals surface area contributed by atoms with E-state index in [4.69, 9.17) is 0 Å². The SMILES string of the molecule is O=C(N[C@H]1CN2CC[C@H]1C2)c1cn2cncc2cn1. The number of hydrogen-bond donors (Lipinski definition) is 1. The van der Waals surface area contributed by atoms with Gasteiger partial charge in [0.15, 0.2) is 0 Å². The number of carbonyl (C=O) groups excluding carboxylic acids is 1. The third kappa shape index (κ3) is 1.79. The smallest absolute Gasteiger partial charge is 0.271 e. The van der Waals surface area contributed by atoms with Crippen LogP contribution in [0.4, 0.5) is 0 Å². The Hall–Kier alpha value is -1.95. The van der Waals surface area contributed by atoms with Crippen LogP contribution < -0.4 is 5.32 Å². The highest BCUT2D eigenvalue weighted by atomic mass is 16.2. The summed E-state index contributed by atoms with van der Waals surface area (Å²) in [6.07, 6.45) is 7.99. The molecule has 2 saturated heterocycles. The Balaban J connectivity index is 1.53. The van der Waals surface area contributed by atoms with E-state index in [2.05, 4.69) is 20.2 Å². The molecule has 19 heavy (non-hydrogen) atoms. The number of hydrogen-bond acceptors (Lipinski definition) is 4. The summed E-state index contributed by atoms with van der Waals surface area (Å²) in [5.41, 5.74) is 1.34. The highest BCUT2D eigenvalue weighted by molar-refractivity contribution is 5.92. The lowest BCUT2D eigenvalue weighted by Gasteiger charge is -2.22. The van der Waals surface area contributed by atoms with Crippen molar-refractivity contribution >= 4 is 11.4 Å². The molecule has 2 aromatic rings. The topological polar surface area (TPSA) is 62.5 Å². The quantitative estimate of drug-likeness (QED) is 0.832. The van der Waals surface area contributed by atoms with Crippen molar-refractivity contribution in [2.24, 2.45) is 5.92 Å². The van der Waals surface area contributed by atoms with Gasteiger partial charge in [0, 0.05) is 25.3 Å². The van der Waals surface area contributed by atoms with E-state index < -0.39 is 0 Å². The third-order valence-corrected chi connectivity index (χ3v) is 4.18. The Morgan fingerprint density at radius 2 is 2.32 bits per heavy atom. The normalized spacial score (nSPS) is 28.9. The van der Waals surface area contributed by atoms with Crippen LogP contribution in [0.1, 0.15) is 16.9 Å². The van der Waals surface area contributed by atoms with Crippen LogP contribution in [0.3, 0.4) is 0 Å². The highest BCUT2D eigenvalue weighted by Gasteiger charge is 2.38. The molecule has 0 aromatic carbocycles. The van der Waals surface area contributed by atoms with E-state index in [0.717, 1.165) is 18.6 Å². The summed E-state index contributed by atoms with van der Waals surface area (Å²) in [6.45, 7) is 3.28. The number of amides is 1. The molecule has 2 aliphatic rings. The van der Waals surface area contributed by atoms with Crippen LogP contribution in [0.5, 0.6) is 0 Å². The van der Waals surface area contributed by atoms with Crippen molar-refractivity contribution in [1.82, 2.24) is 24.6 Å². The zero-order valence-electron chi connectivity index (χ0n) is 10.5. The van der Waals surface area contributed by atoms with Gasteiger partial charge in [-0.05, 0) is 18.9 Å². The number of aromatic nitrogens is 3. The number of fused-ring (bicyclic) bond motifs is 3. The molecule has 0 spiro atoms. The predicted octanol–water partition coefficient (Wildman–Crippen LogP) is 0.163. The summed E-state index contributed by atoms with van der Waals surface area (Å²) in [6, 6.07) is 0.279. The Morgan fingerprint density at radius 1 is 1.37 bits per heavy atom. The van der Waals surface area contributed by atoms with Crippen molar-refractivity contribution < 1.29 is 4.79 Å². The molecule has 3 atom stereocenters. The minimum Gasteiger partial charge on any atom is -0.346 e. The van der Waals surface area contributed by atoms with Gasteiger partial charge < -0.3 is 14.6 Å². The number of carbonyl (C=O) groups is 1. The average molecular weight is 257 g/mol. The first-order valence-electron chi connectivity index (χ1n) is 6.60. The fraction of sp³-hybridized carbons (Fsp3) is 0.462. The Bertz CT molecular complexity index is 637. The van der Waals surface area contributed by atoms with Crippen LogP contribution in [0, 0.1) is 5.92 Å². The van der Waals surface area contributed by atoms with Crippen LogP contribution in [0.15, 0.2) is 24.9 Å². The maximum absolute atomic E-state index is 12.2. The lowest BCUT2D eigenvalue weighted by Crippen LogP contribution is -2.43. The van der Waals surface area contributed by atoms with Crippen molar-refractivity contribution in [3.8, 4) is 0 Å². The van der Waals surface area contributed by atoms with Gasteiger partial charge in [0.25, 0.3) is 5.91 Å². The van der Waals surface area contributed by atoms with E-state index in [1.54, 1.807) is 24.9 Å². The third-order valence-electron chi connectivity index (χ3n) is 4.18. The first-order valence-corrected chi connectivity index (χ1v) is 6.60. The molecule has 4 rings (SSSR count). The van der Waals surface area contributed by atoms with E-state index in [0.29, 0.717) is 11.6 Å². The molecule has 1 N–H and O–H groups in total. The van der Waals surface area contributed by atoms with Gasteiger partial charge in [-0.3, -0.25) is 4.79 Å². The number of piperidine rings is 1.